The van der Waals surface area contributed by atoms with Crippen molar-refractivity contribution in [1.82, 2.24) is 9.71 Å². The maximum atomic E-state index is 12.5. The van der Waals surface area contributed by atoms with E-state index < -0.39 is 27.7 Å². The summed E-state index contributed by atoms with van der Waals surface area (Å²) in [6.07, 6.45) is 3.30. The Hall–Kier alpha value is -1.57. The van der Waals surface area contributed by atoms with E-state index in [0.717, 1.165) is 16.9 Å². The predicted molar refractivity (Wildman–Crippen MR) is 88.4 cm³/mol. The predicted octanol–water partition coefficient (Wildman–Crippen LogP) is 2.98. The van der Waals surface area contributed by atoms with Gasteiger partial charge in [-0.3, -0.25) is 4.98 Å². The molecule has 0 radical (unpaired) electrons. The largest absolute Gasteiger partial charge is 0.477 e. The highest BCUT2D eigenvalue weighted by atomic mass is 32.2. The van der Waals surface area contributed by atoms with Crippen LogP contribution in [-0.2, 0) is 11.0 Å². The molecule has 2 unspecified atom stereocenters. The fourth-order valence-corrected chi connectivity index (χ4v) is 3.47. The summed E-state index contributed by atoms with van der Waals surface area (Å²) in [6.45, 7) is 5.59. The summed E-state index contributed by atoms with van der Waals surface area (Å²) in [5.41, 5.74) is 1.38. The molecule has 2 atom stereocenters. The van der Waals surface area contributed by atoms with Crippen molar-refractivity contribution in [2.75, 3.05) is 0 Å². The van der Waals surface area contributed by atoms with Gasteiger partial charge in [0.15, 0.2) is 0 Å². The summed E-state index contributed by atoms with van der Waals surface area (Å²) < 4.78 is 15.0. The van der Waals surface area contributed by atoms with Gasteiger partial charge in [-0.25, -0.2) is 13.7 Å². The van der Waals surface area contributed by atoms with Gasteiger partial charge in [0.05, 0.1) is 21.8 Å². The summed E-state index contributed by atoms with van der Waals surface area (Å²) >= 11 is 1.16. The molecule has 0 saturated heterocycles. The molecule has 2 heterocycles. The summed E-state index contributed by atoms with van der Waals surface area (Å²) in [6, 6.07) is 4.88. The quantitative estimate of drug-likeness (QED) is 0.878. The maximum Gasteiger partial charge on any atom is 0.346 e. The molecule has 0 bridgehead atoms. The first-order valence-corrected chi connectivity index (χ1v) is 8.72. The van der Waals surface area contributed by atoms with Crippen LogP contribution in [0.15, 0.2) is 36.0 Å². The number of carbonyl (C=O) groups is 1. The number of pyridine rings is 1. The van der Waals surface area contributed by atoms with Crippen molar-refractivity contribution in [1.29, 1.82) is 0 Å². The molecule has 2 aromatic heterocycles. The molecular weight excluding hydrogens is 320 g/mol. The van der Waals surface area contributed by atoms with Crippen molar-refractivity contribution >= 4 is 28.3 Å². The second-order valence-corrected chi connectivity index (χ2v) is 8.64. The molecule has 0 aliphatic heterocycles. The van der Waals surface area contributed by atoms with Crippen LogP contribution in [-0.4, -0.2) is 25.0 Å². The van der Waals surface area contributed by atoms with E-state index in [4.69, 9.17) is 0 Å². The third kappa shape index (κ3) is 3.79. The number of nitrogens with zero attached hydrogens (tertiary/aromatic N) is 1. The fourth-order valence-electron chi connectivity index (χ4n) is 1.86. The van der Waals surface area contributed by atoms with E-state index in [1.807, 2.05) is 26.8 Å². The Balaban J connectivity index is 2.45. The molecular formula is C15H18N2O3S2. The lowest BCUT2D eigenvalue weighted by Gasteiger charge is -2.24. The molecule has 0 aliphatic rings. The van der Waals surface area contributed by atoms with Crippen molar-refractivity contribution in [2.45, 2.75) is 31.6 Å². The minimum atomic E-state index is -1.34. The molecule has 22 heavy (non-hydrogen) atoms. The lowest BCUT2D eigenvalue weighted by atomic mass is 10.0. The van der Waals surface area contributed by atoms with E-state index in [2.05, 4.69) is 9.71 Å². The number of aromatic carboxylic acids is 1. The lowest BCUT2D eigenvalue weighted by molar-refractivity contribution is 0.0700. The molecule has 0 aromatic carbocycles. The Bertz CT molecular complexity index is 678. The number of aromatic nitrogens is 1. The van der Waals surface area contributed by atoms with Crippen LogP contribution in [0.2, 0.25) is 0 Å². The van der Waals surface area contributed by atoms with E-state index in [9.17, 15) is 14.1 Å². The van der Waals surface area contributed by atoms with E-state index in [-0.39, 0.29) is 4.88 Å². The van der Waals surface area contributed by atoms with Gasteiger partial charge in [0.1, 0.15) is 4.88 Å². The van der Waals surface area contributed by atoms with Crippen LogP contribution >= 0.6 is 11.3 Å². The zero-order chi connectivity index (χ0) is 16.3. The molecule has 0 spiro atoms. The van der Waals surface area contributed by atoms with Crippen molar-refractivity contribution in [3.63, 3.8) is 0 Å². The average molecular weight is 338 g/mol. The molecule has 0 fully saturated rings. The molecule has 0 aliphatic carbocycles. The minimum Gasteiger partial charge on any atom is -0.477 e. The zero-order valence-electron chi connectivity index (χ0n) is 12.6. The zero-order valence-corrected chi connectivity index (χ0v) is 14.2. The highest BCUT2D eigenvalue weighted by molar-refractivity contribution is 7.84. The van der Waals surface area contributed by atoms with Crippen LogP contribution in [0.5, 0.6) is 0 Å². The minimum absolute atomic E-state index is 0.243. The van der Waals surface area contributed by atoms with Gasteiger partial charge in [-0.1, -0.05) is 6.07 Å². The van der Waals surface area contributed by atoms with Gasteiger partial charge < -0.3 is 5.11 Å². The number of carboxylic acids is 1. The van der Waals surface area contributed by atoms with Crippen molar-refractivity contribution in [3.05, 3.63) is 52.0 Å². The first kappa shape index (κ1) is 16.8. The summed E-state index contributed by atoms with van der Waals surface area (Å²) in [5.74, 6) is -0.984. The first-order valence-electron chi connectivity index (χ1n) is 6.69. The van der Waals surface area contributed by atoms with Crippen LogP contribution in [0.1, 0.15) is 47.6 Å². The van der Waals surface area contributed by atoms with Crippen LogP contribution in [0.3, 0.4) is 0 Å². The number of carboxylic acid groups (broad SMARTS) is 1. The topological polar surface area (TPSA) is 79.3 Å². The van der Waals surface area contributed by atoms with Crippen molar-refractivity contribution in [2.24, 2.45) is 0 Å². The summed E-state index contributed by atoms with van der Waals surface area (Å²) in [7, 11) is -1.34. The monoisotopic (exact) mass is 338 g/mol. The van der Waals surface area contributed by atoms with Gasteiger partial charge in [0, 0.05) is 12.4 Å². The number of hydrogen-bond acceptors (Lipinski definition) is 4. The van der Waals surface area contributed by atoms with Gasteiger partial charge in [0.25, 0.3) is 0 Å². The average Bonchev–Trinajstić information content (AvgIpc) is 2.93. The van der Waals surface area contributed by atoms with Gasteiger partial charge >= 0.3 is 5.97 Å². The standard InChI is InChI=1S/C15H18N2O3S2/c1-15(2,3)22(20)17-12(10-5-4-7-16-9-10)11-6-8-21-13(11)14(18)19/h4-9,12,17H,1-3H3,(H,18,19). The fraction of sp³-hybridized carbons (Fsp3) is 0.333. The normalized spacial score (nSPS) is 14.5. The molecule has 0 saturated carbocycles. The molecule has 0 amide bonds. The highest BCUT2D eigenvalue weighted by Crippen LogP contribution is 2.30. The second-order valence-electron chi connectivity index (χ2n) is 5.73. The van der Waals surface area contributed by atoms with Gasteiger partial charge in [-0.15, -0.1) is 11.3 Å². The Morgan fingerprint density at radius 2 is 2.14 bits per heavy atom. The smallest absolute Gasteiger partial charge is 0.346 e. The lowest BCUT2D eigenvalue weighted by Crippen LogP contribution is -2.36. The molecule has 7 heteroatoms. The van der Waals surface area contributed by atoms with Crippen LogP contribution in [0.4, 0.5) is 0 Å². The van der Waals surface area contributed by atoms with Crippen molar-refractivity contribution in [3.8, 4) is 0 Å². The van der Waals surface area contributed by atoms with Gasteiger partial charge in [-0.2, -0.15) is 0 Å². The van der Waals surface area contributed by atoms with E-state index >= 15 is 0 Å². The Morgan fingerprint density at radius 3 is 2.68 bits per heavy atom. The Kier molecular flexibility index (Phi) is 5.10. The third-order valence-corrected chi connectivity index (χ3v) is 5.48. The molecule has 118 valence electrons. The second kappa shape index (κ2) is 6.68. The van der Waals surface area contributed by atoms with E-state index in [1.54, 1.807) is 29.9 Å². The Morgan fingerprint density at radius 1 is 1.41 bits per heavy atom. The molecule has 5 nitrogen and oxygen atoms in total. The molecule has 2 N–H and O–H groups in total. The van der Waals surface area contributed by atoms with E-state index in [0.29, 0.717) is 5.56 Å². The number of rotatable bonds is 5. The highest BCUT2D eigenvalue weighted by Gasteiger charge is 2.28. The van der Waals surface area contributed by atoms with Crippen LogP contribution < -0.4 is 4.72 Å². The molecule has 2 rings (SSSR count). The molecule has 2 aromatic rings. The van der Waals surface area contributed by atoms with Crippen LogP contribution in [0, 0.1) is 0 Å². The maximum absolute atomic E-state index is 12.5. The summed E-state index contributed by atoms with van der Waals surface area (Å²) in [4.78, 5) is 15.7. The first-order chi connectivity index (χ1) is 10.3. The summed E-state index contributed by atoms with van der Waals surface area (Å²) in [5, 5.41) is 11.1. The van der Waals surface area contributed by atoms with Crippen molar-refractivity contribution < 1.29 is 14.1 Å². The van der Waals surface area contributed by atoms with Gasteiger partial charge in [0.2, 0.25) is 0 Å². The number of thiophene rings is 1. The Labute approximate surface area is 136 Å². The number of nitrogens with one attached hydrogen (secondary N) is 1. The van der Waals surface area contributed by atoms with Gasteiger partial charge in [-0.05, 0) is 49.4 Å². The van der Waals surface area contributed by atoms with E-state index in [1.165, 1.54) is 0 Å². The number of hydrogen-bond donors (Lipinski definition) is 2. The third-order valence-electron chi connectivity index (χ3n) is 3.00. The SMILES string of the molecule is CC(C)(C)S(=O)NC(c1cccnc1)c1ccsc1C(=O)O. The van der Waals surface area contributed by atoms with Crippen LogP contribution in [0.25, 0.3) is 0 Å².